The van der Waals surface area contributed by atoms with Gasteiger partial charge in [-0.25, -0.2) is 8.78 Å². The van der Waals surface area contributed by atoms with Crippen LogP contribution in [-0.4, -0.2) is 18.7 Å². The van der Waals surface area contributed by atoms with Gasteiger partial charge in [-0.3, -0.25) is 10.4 Å². The summed E-state index contributed by atoms with van der Waals surface area (Å²) in [5.74, 6) is 4.41. The highest BCUT2D eigenvalue weighted by molar-refractivity contribution is 5.58. The van der Waals surface area contributed by atoms with Crippen LogP contribution in [-0.2, 0) is 0 Å². The molecule has 2 aromatic carbocycles. The molecule has 4 rings (SSSR count). The highest BCUT2D eigenvalue weighted by atomic mass is 19.1. The third kappa shape index (κ3) is 3.07. The van der Waals surface area contributed by atoms with Crippen LogP contribution < -0.4 is 15.6 Å². The predicted molar refractivity (Wildman–Crippen MR) is 96.3 cm³/mol. The highest BCUT2D eigenvalue weighted by Crippen LogP contribution is 2.28. The average Bonchev–Trinajstić information content (AvgIpc) is 3.00. The van der Waals surface area contributed by atoms with E-state index in [9.17, 15) is 8.78 Å². The molecule has 26 heavy (non-hydrogen) atoms. The first kappa shape index (κ1) is 16.0. The summed E-state index contributed by atoms with van der Waals surface area (Å²) in [6.45, 7) is 0.272. The zero-order valence-corrected chi connectivity index (χ0v) is 14.1. The maximum absolute atomic E-state index is 14.6. The first-order valence-electron chi connectivity index (χ1n) is 8.10. The molecule has 0 spiro atoms. The molecule has 0 atom stereocenters. The van der Waals surface area contributed by atoms with Gasteiger partial charge in [-0.15, -0.1) is 0 Å². The van der Waals surface area contributed by atoms with Crippen LogP contribution in [0.1, 0.15) is 11.1 Å². The van der Waals surface area contributed by atoms with E-state index in [-0.39, 0.29) is 12.4 Å². The maximum Gasteiger partial charge on any atom is 0.151 e. The predicted octanol–water partition coefficient (Wildman–Crippen LogP) is 2.86. The van der Waals surface area contributed by atoms with Crippen molar-refractivity contribution in [3.63, 3.8) is 0 Å². The van der Waals surface area contributed by atoms with Gasteiger partial charge in [0.1, 0.15) is 5.69 Å². The molecule has 0 aliphatic carbocycles. The Balaban J connectivity index is 1.63. The Labute approximate surface area is 150 Å². The Morgan fingerprint density at radius 1 is 0.923 bits per heavy atom. The van der Waals surface area contributed by atoms with Crippen LogP contribution in [0.4, 0.5) is 14.5 Å². The smallest absolute Gasteiger partial charge is 0.151 e. The van der Waals surface area contributed by atoms with Crippen LogP contribution in [0.2, 0.25) is 0 Å². The topological polar surface area (TPSA) is 30.5 Å². The van der Waals surface area contributed by atoms with Crippen LogP contribution >= 0.6 is 0 Å². The summed E-state index contributed by atoms with van der Waals surface area (Å²) in [5.41, 5.74) is 5.69. The van der Waals surface area contributed by atoms with Gasteiger partial charge in [-0.2, -0.15) is 0 Å². The molecule has 0 saturated heterocycles. The van der Waals surface area contributed by atoms with Gasteiger partial charge in [0.15, 0.2) is 11.6 Å². The lowest BCUT2D eigenvalue weighted by Crippen LogP contribution is -2.38. The normalized spacial score (nSPS) is 15.2. The molecule has 0 fully saturated rings. The molecule has 2 N–H and O–H groups in total. The molecule has 0 aromatic heterocycles. The molecule has 2 aliphatic rings. The summed E-state index contributed by atoms with van der Waals surface area (Å²) in [6.07, 6.45) is 3.56. The standard InChI is InChI=1S/C20H16F2N4/c1-25-11-18-19(24-25)12-26(13-23-18)20-16(21)9-15(10-17(20)22)8-7-14-5-3-2-4-6-14/h2-6,9-12,23-24H,13H2,1H3. The fourth-order valence-corrected chi connectivity index (χ4v) is 2.88. The van der Waals surface area contributed by atoms with Gasteiger partial charge in [0.2, 0.25) is 0 Å². The third-order valence-electron chi connectivity index (χ3n) is 4.06. The number of rotatable bonds is 1. The fraction of sp³-hybridized carbons (Fsp3) is 0.100. The molecule has 130 valence electrons. The third-order valence-corrected chi connectivity index (χ3v) is 4.06. The lowest BCUT2D eigenvalue weighted by molar-refractivity contribution is 0.397. The molecular weight excluding hydrogens is 334 g/mol. The Kier molecular flexibility index (Phi) is 3.98. The van der Waals surface area contributed by atoms with Crippen LogP contribution in [0, 0.1) is 23.5 Å². The van der Waals surface area contributed by atoms with Crippen molar-refractivity contribution < 1.29 is 8.78 Å². The molecule has 0 saturated carbocycles. The molecule has 2 aromatic rings. The summed E-state index contributed by atoms with van der Waals surface area (Å²) >= 11 is 0. The number of nitrogens with one attached hydrogen (secondary N) is 2. The van der Waals surface area contributed by atoms with Gasteiger partial charge in [0.25, 0.3) is 0 Å². The van der Waals surface area contributed by atoms with Crippen molar-refractivity contribution in [3.05, 3.63) is 89.0 Å². The lowest BCUT2D eigenvalue weighted by atomic mass is 10.1. The van der Waals surface area contributed by atoms with Gasteiger partial charge in [-0.05, 0) is 24.3 Å². The van der Waals surface area contributed by atoms with Gasteiger partial charge in [-0.1, -0.05) is 30.0 Å². The first-order chi connectivity index (χ1) is 12.6. The number of benzene rings is 2. The van der Waals surface area contributed by atoms with Gasteiger partial charge < -0.3 is 10.2 Å². The van der Waals surface area contributed by atoms with E-state index in [1.165, 1.54) is 17.0 Å². The summed E-state index contributed by atoms with van der Waals surface area (Å²) in [4.78, 5) is 1.50. The van der Waals surface area contributed by atoms with Crippen molar-refractivity contribution in [2.24, 2.45) is 0 Å². The van der Waals surface area contributed by atoms with Gasteiger partial charge in [0.05, 0.1) is 18.1 Å². The molecule has 2 heterocycles. The van der Waals surface area contributed by atoms with E-state index in [4.69, 9.17) is 0 Å². The molecule has 6 heteroatoms. The van der Waals surface area contributed by atoms with Crippen LogP contribution in [0.3, 0.4) is 0 Å². The van der Waals surface area contributed by atoms with Crippen molar-refractivity contribution in [2.75, 3.05) is 18.6 Å². The summed E-state index contributed by atoms with van der Waals surface area (Å²) in [7, 11) is 1.85. The minimum atomic E-state index is -0.653. The number of nitrogens with zero attached hydrogens (tertiary/aromatic N) is 2. The number of hydrazine groups is 1. The number of anilines is 1. The van der Waals surface area contributed by atoms with Crippen molar-refractivity contribution in [1.29, 1.82) is 0 Å². The average molecular weight is 350 g/mol. The monoisotopic (exact) mass is 350 g/mol. The summed E-state index contributed by atoms with van der Waals surface area (Å²) in [5, 5.41) is 4.90. The number of fused-ring (bicyclic) bond motifs is 1. The summed E-state index contributed by atoms with van der Waals surface area (Å²) < 4.78 is 29.2. The van der Waals surface area contributed by atoms with Crippen LogP contribution in [0.15, 0.2) is 66.3 Å². The second kappa shape index (κ2) is 6.45. The van der Waals surface area contributed by atoms with E-state index in [0.717, 1.165) is 17.0 Å². The molecule has 0 amide bonds. The van der Waals surface area contributed by atoms with E-state index >= 15 is 0 Å². The fourth-order valence-electron chi connectivity index (χ4n) is 2.88. The molecule has 0 bridgehead atoms. The number of hydrogen-bond donors (Lipinski definition) is 2. The van der Waals surface area contributed by atoms with E-state index in [1.54, 1.807) is 11.2 Å². The van der Waals surface area contributed by atoms with Gasteiger partial charge >= 0.3 is 0 Å². The minimum absolute atomic E-state index is 0.106. The second-order valence-corrected chi connectivity index (χ2v) is 6.02. The molecular formula is C20H16F2N4. The van der Waals surface area contributed by atoms with Crippen molar-refractivity contribution >= 4 is 5.69 Å². The minimum Gasteiger partial charge on any atom is -0.364 e. The first-order valence-corrected chi connectivity index (χ1v) is 8.10. The Morgan fingerprint density at radius 2 is 1.62 bits per heavy atom. The largest absolute Gasteiger partial charge is 0.364 e. The second-order valence-electron chi connectivity index (χ2n) is 6.02. The lowest BCUT2D eigenvalue weighted by Gasteiger charge is -2.28. The van der Waals surface area contributed by atoms with Crippen molar-refractivity contribution in [3.8, 4) is 11.8 Å². The highest BCUT2D eigenvalue weighted by Gasteiger charge is 2.24. The van der Waals surface area contributed by atoms with E-state index in [2.05, 4.69) is 22.6 Å². The van der Waals surface area contributed by atoms with Gasteiger partial charge in [0, 0.05) is 30.6 Å². The molecule has 4 nitrogen and oxygen atoms in total. The Morgan fingerprint density at radius 3 is 2.35 bits per heavy atom. The van der Waals surface area contributed by atoms with E-state index < -0.39 is 11.6 Å². The molecule has 0 unspecified atom stereocenters. The van der Waals surface area contributed by atoms with E-state index in [1.807, 2.05) is 43.6 Å². The quantitative estimate of drug-likeness (QED) is 0.775. The number of halogens is 2. The van der Waals surface area contributed by atoms with Crippen molar-refractivity contribution in [2.45, 2.75) is 0 Å². The number of hydrogen-bond acceptors (Lipinski definition) is 4. The summed E-state index contributed by atoms with van der Waals surface area (Å²) in [6, 6.07) is 11.8. The SMILES string of the molecule is CN1C=C2NCN(c3c(F)cc(C#Cc4ccccc4)cc3F)C=C2N1. The van der Waals surface area contributed by atoms with E-state index in [0.29, 0.717) is 5.56 Å². The Bertz CT molecular complexity index is 947. The Hall–Kier alpha value is -3.46. The maximum atomic E-state index is 14.6. The van der Waals surface area contributed by atoms with Crippen LogP contribution in [0.25, 0.3) is 0 Å². The zero-order valence-electron chi connectivity index (χ0n) is 14.1. The van der Waals surface area contributed by atoms with Crippen LogP contribution in [0.5, 0.6) is 0 Å². The molecule has 0 radical (unpaired) electrons. The molecule has 2 aliphatic heterocycles. The van der Waals surface area contributed by atoms with Crippen molar-refractivity contribution in [1.82, 2.24) is 15.8 Å². The zero-order chi connectivity index (χ0) is 18.1.